The molecule has 0 aliphatic heterocycles. The Labute approximate surface area is 191 Å². The molecule has 0 fully saturated rings. The molecular formula is C24H24ClN5O2. The second-order valence-electron chi connectivity index (χ2n) is 7.32. The van der Waals surface area contributed by atoms with Crippen LogP contribution in [0.3, 0.4) is 0 Å². The highest BCUT2D eigenvalue weighted by Crippen LogP contribution is 2.24. The molecule has 2 aromatic carbocycles. The topological polar surface area (TPSA) is 111 Å². The normalized spacial score (nSPS) is 10.4. The molecule has 0 bridgehead atoms. The fourth-order valence-corrected chi connectivity index (χ4v) is 3.29. The summed E-state index contributed by atoms with van der Waals surface area (Å²) in [6, 6.07) is 15.8. The van der Waals surface area contributed by atoms with Gasteiger partial charge < -0.3 is 10.6 Å². The van der Waals surface area contributed by atoms with Gasteiger partial charge in [-0.05, 0) is 42.8 Å². The van der Waals surface area contributed by atoms with E-state index in [0.29, 0.717) is 28.4 Å². The number of nitrogens with zero attached hydrogens (tertiary/aromatic N) is 2. The maximum atomic E-state index is 12.4. The molecule has 7 nitrogen and oxygen atoms in total. The summed E-state index contributed by atoms with van der Waals surface area (Å²) < 4.78 is 0. The molecule has 3 rings (SSSR count). The van der Waals surface area contributed by atoms with Gasteiger partial charge in [-0.15, -0.1) is 0 Å². The van der Waals surface area contributed by atoms with E-state index in [4.69, 9.17) is 11.6 Å². The van der Waals surface area contributed by atoms with Crippen LogP contribution in [0.5, 0.6) is 0 Å². The second kappa shape index (κ2) is 11.1. The standard InChI is InChI=1S/C24H24ClN5O2/c1-2-3-4-5-6-21(31)27-18-11-7-16(8-12-18)22-20(15-26)23(32)30-24(29-22)28-19-13-9-17(25)10-14-19/h7-14H,2-6H2,1H3,(H,27,31)(H2,28,29,30,32). The van der Waals surface area contributed by atoms with Crippen molar-refractivity contribution in [1.82, 2.24) is 9.97 Å². The van der Waals surface area contributed by atoms with Crippen LogP contribution >= 0.6 is 11.6 Å². The molecule has 0 atom stereocenters. The summed E-state index contributed by atoms with van der Waals surface area (Å²) in [4.78, 5) is 31.5. The molecule has 0 saturated carbocycles. The Morgan fingerprint density at radius 1 is 1.06 bits per heavy atom. The third-order valence-electron chi connectivity index (χ3n) is 4.84. The zero-order valence-corrected chi connectivity index (χ0v) is 18.5. The van der Waals surface area contributed by atoms with Crippen molar-refractivity contribution in [3.8, 4) is 17.3 Å². The molecule has 3 aromatic rings. The van der Waals surface area contributed by atoms with Crippen LogP contribution in [0.4, 0.5) is 17.3 Å². The lowest BCUT2D eigenvalue weighted by Gasteiger charge is -2.10. The predicted molar refractivity (Wildman–Crippen MR) is 127 cm³/mol. The van der Waals surface area contributed by atoms with Crippen molar-refractivity contribution in [2.24, 2.45) is 0 Å². The first-order valence-corrected chi connectivity index (χ1v) is 10.8. The van der Waals surface area contributed by atoms with Gasteiger partial charge in [-0.2, -0.15) is 5.26 Å². The molecule has 0 aliphatic carbocycles. The van der Waals surface area contributed by atoms with Gasteiger partial charge in [0.2, 0.25) is 11.9 Å². The smallest absolute Gasteiger partial charge is 0.270 e. The number of carbonyl (C=O) groups is 1. The number of aromatic nitrogens is 2. The number of nitriles is 1. The van der Waals surface area contributed by atoms with E-state index in [-0.39, 0.29) is 23.1 Å². The summed E-state index contributed by atoms with van der Waals surface area (Å²) >= 11 is 5.90. The number of halogens is 1. The van der Waals surface area contributed by atoms with Crippen LogP contribution in [0.1, 0.15) is 44.6 Å². The third kappa shape index (κ3) is 6.19. The van der Waals surface area contributed by atoms with Crippen LogP contribution < -0.4 is 16.2 Å². The summed E-state index contributed by atoms with van der Waals surface area (Å²) in [5, 5.41) is 15.9. The predicted octanol–water partition coefficient (Wildman–Crippen LogP) is 5.61. The quantitative estimate of drug-likeness (QED) is 0.367. The van der Waals surface area contributed by atoms with E-state index < -0.39 is 5.56 Å². The number of amides is 1. The van der Waals surface area contributed by atoms with Crippen molar-refractivity contribution < 1.29 is 4.79 Å². The van der Waals surface area contributed by atoms with Crippen LogP contribution in [0.15, 0.2) is 53.3 Å². The van der Waals surface area contributed by atoms with E-state index in [2.05, 4.69) is 27.5 Å². The number of benzene rings is 2. The molecule has 1 aromatic heterocycles. The van der Waals surface area contributed by atoms with Crippen molar-refractivity contribution in [2.45, 2.75) is 39.0 Å². The zero-order valence-electron chi connectivity index (χ0n) is 17.7. The molecule has 0 unspecified atom stereocenters. The van der Waals surface area contributed by atoms with Crippen molar-refractivity contribution in [2.75, 3.05) is 10.6 Å². The average Bonchev–Trinajstić information content (AvgIpc) is 2.78. The van der Waals surface area contributed by atoms with Gasteiger partial charge in [0.15, 0.2) is 0 Å². The number of nitrogens with one attached hydrogen (secondary N) is 3. The van der Waals surface area contributed by atoms with E-state index in [1.807, 2.05) is 6.07 Å². The molecule has 1 heterocycles. The summed E-state index contributed by atoms with van der Waals surface area (Å²) in [6.07, 6.45) is 4.64. The Balaban J connectivity index is 1.78. The van der Waals surface area contributed by atoms with Gasteiger partial charge in [0.25, 0.3) is 5.56 Å². The van der Waals surface area contributed by atoms with Gasteiger partial charge in [-0.3, -0.25) is 14.6 Å². The maximum absolute atomic E-state index is 12.4. The molecule has 32 heavy (non-hydrogen) atoms. The van der Waals surface area contributed by atoms with E-state index in [0.717, 1.165) is 25.7 Å². The highest BCUT2D eigenvalue weighted by molar-refractivity contribution is 6.30. The minimum atomic E-state index is -0.543. The molecule has 3 N–H and O–H groups in total. The Morgan fingerprint density at radius 3 is 2.41 bits per heavy atom. The van der Waals surface area contributed by atoms with E-state index in [1.54, 1.807) is 48.5 Å². The SMILES string of the molecule is CCCCCCC(=O)Nc1ccc(-c2nc(Nc3ccc(Cl)cc3)[nH]c(=O)c2C#N)cc1. The number of aromatic amines is 1. The molecule has 164 valence electrons. The number of rotatable bonds is 9. The monoisotopic (exact) mass is 449 g/mol. The van der Waals surface area contributed by atoms with Gasteiger partial charge in [0, 0.05) is 28.4 Å². The first-order valence-electron chi connectivity index (χ1n) is 10.5. The van der Waals surface area contributed by atoms with E-state index >= 15 is 0 Å². The van der Waals surface area contributed by atoms with Crippen molar-refractivity contribution in [3.63, 3.8) is 0 Å². The van der Waals surface area contributed by atoms with E-state index in [1.165, 1.54) is 0 Å². The van der Waals surface area contributed by atoms with Gasteiger partial charge in [0.05, 0.1) is 5.69 Å². The number of anilines is 3. The van der Waals surface area contributed by atoms with Crippen molar-refractivity contribution >= 4 is 34.8 Å². The highest BCUT2D eigenvalue weighted by atomic mass is 35.5. The Kier molecular flexibility index (Phi) is 8.01. The molecular weight excluding hydrogens is 426 g/mol. The fourth-order valence-electron chi connectivity index (χ4n) is 3.16. The number of H-pyrrole nitrogens is 1. The number of carbonyl (C=O) groups excluding carboxylic acids is 1. The van der Waals surface area contributed by atoms with Crippen LogP contribution in [0.2, 0.25) is 5.02 Å². The molecule has 8 heteroatoms. The Bertz CT molecular complexity index is 1160. The van der Waals surface area contributed by atoms with Gasteiger partial charge >= 0.3 is 0 Å². The fraction of sp³-hybridized carbons (Fsp3) is 0.250. The average molecular weight is 450 g/mol. The largest absolute Gasteiger partial charge is 0.326 e. The summed E-state index contributed by atoms with van der Waals surface area (Å²) in [7, 11) is 0. The van der Waals surface area contributed by atoms with Crippen molar-refractivity contribution in [1.29, 1.82) is 5.26 Å². The molecule has 1 amide bonds. The van der Waals surface area contributed by atoms with Gasteiger partial charge in [-0.25, -0.2) is 4.98 Å². The van der Waals surface area contributed by atoms with Gasteiger partial charge in [-0.1, -0.05) is 49.9 Å². The van der Waals surface area contributed by atoms with Crippen molar-refractivity contribution in [3.05, 3.63) is 69.5 Å². The zero-order chi connectivity index (χ0) is 22.9. The summed E-state index contributed by atoms with van der Waals surface area (Å²) in [6.45, 7) is 2.13. The highest BCUT2D eigenvalue weighted by Gasteiger charge is 2.14. The first-order chi connectivity index (χ1) is 15.5. The minimum absolute atomic E-state index is 0.0321. The van der Waals surface area contributed by atoms with Crippen LogP contribution in [0, 0.1) is 11.3 Å². The maximum Gasteiger partial charge on any atom is 0.270 e. The summed E-state index contributed by atoms with van der Waals surface area (Å²) in [5.41, 5.74) is 1.55. The first kappa shape index (κ1) is 23.0. The summed E-state index contributed by atoms with van der Waals surface area (Å²) in [5.74, 6) is 0.172. The lowest BCUT2D eigenvalue weighted by molar-refractivity contribution is -0.116. The molecule has 0 saturated heterocycles. The van der Waals surface area contributed by atoms with Crippen LogP contribution in [0.25, 0.3) is 11.3 Å². The second-order valence-corrected chi connectivity index (χ2v) is 7.75. The minimum Gasteiger partial charge on any atom is -0.326 e. The molecule has 0 aliphatic rings. The Hall–Kier alpha value is -3.63. The van der Waals surface area contributed by atoms with Crippen LogP contribution in [-0.2, 0) is 4.79 Å². The van der Waals surface area contributed by atoms with E-state index in [9.17, 15) is 14.9 Å². The lowest BCUT2D eigenvalue weighted by atomic mass is 10.1. The number of hydrogen-bond acceptors (Lipinski definition) is 5. The van der Waals surface area contributed by atoms with Crippen LogP contribution in [-0.4, -0.2) is 15.9 Å². The Morgan fingerprint density at radius 2 is 1.75 bits per heavy atom. The third-order valence-corrected chi connectivity index (χ3v) is 5.09. The number of hydrogen-bond donors (Lipinski definition) is 3. The number of unbranched alkanes of at least 4 members (excludes halogenated alkanes) is 3. The lowest BCUT2D eigenvalue weighted by Crippen LogP contribution is -2.16. The molecule has 0 spiro atoms. The van der Waals surface area contributed by atoms with Gasteiger partial charge in [0.1, 0.15) is 11.6 Å². The molecule has 0 radical (unpaired) electrons.